The molecule has 1 aromatic carbocycles. The van der Waals surface area contributed by atoms with E-state index in [0.29, 0.717) is 12.4 Å². The van der Waals surface area contributed by atoms with Crippen LogP contribution in [0.5, 0.6) is 5.75 Å². The lowest BCUT2D eigenvalue weighted by Crippen LogP contribution is -2.43. The van der Waals surface area contributed by atoms with Crippen molar-refractivity contribution >= 4 is 22.0 Å². The number of aliphatic imine (C=N–C) groups is 1. The van der Waals surface area contributed by atoms with Gasteiger partial charge >= 0.3 is 5.97 Å². The summed E-state index contributed by atoms with van der Waals surface area (Å²) in [5.41, 5.74) is 8.91. The molecule has 0 aliphatic heterocycles. The molecule has 194 valence electrons. The number of hydrogen-bond donors (Lipinski definition) is 2. The second-order valence-corrected chi connectivity index (χ2v) is 11.3. The Morgan fingerprint density at radius 1 is 1.24 bits per heavy atom. The third kappa shape index (κ3) is 9.47. The number of guanidine groups is 1. The summed E-state index contributed by atoms with van der Waals surface area (Å²) in [5.74, 6) is 0.563. The molecule has 1 rings (SSSR count). The molecular weight excluding hydrogens is 460 g/mol. The Hall–Kier alpha value is -2.37. The molecule has 34 heavy (non-hydrogen) atoms. The van der Waals surface area contributed by atoms with Gasteiger partial charge in [0.2, 0.25) is 16.0 Å². The van der Waals surface area contributed by atoms with Crippen LogP contribution >= 0.6 is 0 Å². The van der Waals surface area contributed by atoms with Crippen LogP contribution in [0.1, 0.15) is 39.7 Å². The van der Waals surface area contributed by atoms with Crippen LogP contribution in [0.15, 0.2) is 29.3 Å². The van der Waals surface area contributed by atoms with Crippen LogP contribution in [0.4, 0.5) is 0 Å². The third-order valence-electron chi connectivity index (χ3n) is 5.88. The molecule has 0 amide bonds. The number of nitrogens with two attached hydrogens (primary N) is 1. The van der Waals surface area contributed by atoms with E-state index in [-0.39, 0.29) is 29.8 Å². The third-order valence-corrected chi connectivity index (χ3v) is 7.18. The van der Waals surface area contributed by atoms with E-state index < -0.39 is 22.0 Å². The standard InChI is InChI=1S/C23H40N4O6S/c1-16(14-23(3,4)17(2)33-26-22(24)25-5)15-32-19-11-9-18(10-12-19)13-20(21(28)31-7)27(6)34(8,29)30/h9-12,16-17,20H,13-15H2,1-8H3,(H3,24,25,26). The van der Waals surface area contributed by atoms with E-state index in [1.807, 2.05) is 31.2 Å². The van der Waals surface area contributed by atoms with Crippen LogP contribution in [-0.4, -0.2) is 70.9 Å². The van der Waals surface area contributed by atoms with Gasteiger partial charge in [0.15, 0.2) is 0 Å². The number of hydroxylamine groups is 1. The maximum absolute atomic E-state index is 12.1. The van der Waals surface area contributed by atoms with E-state index in [2.05, 4.69) is 31.2 Å². The van der Waals surface area contributed by atoms with Crippen LogP contribution in [-0.2, 0) is 30.8 Å². The number of ether oxygens (including phenoxy) is 2. The molecular formula is C23H40N4O6S. The first-order chi connectivity index (χ1) is 15.7. The predicted molar refractivity (Wildman–Crippen MR) is 133 cm³/mol. The van der Waals surface area contributed by atoms with E-state index in [1.165, 1.54) is 14.2 Å². The van der Waals surface area contributed by atoms with E-state index >= 15 is 0 Å². The summed E-state index contributed by atoms with van der Waals surface area (Å²) >= 11 is 0. The number of nitrogens with one attached hydrogen (secondary N) is 1. The highest BCUT2D eigenvalue weighted by atomic mass is 32.2. The minimum Gasteiger partial charge on any atom is -0.493 e. The van der Waals surface area contributed by atoms with E-state index in [9.17, 15) is 13.2 Å². The summed E-state index contributed by atoms with van der Waals surface area (Å²) in [6.07, 6.45) is 2.00. The summed E-state index contributed by atoms with van der Waals surface area (Å²) < 4.78 is 35.5. The molecule has 0 heterocycles. The average Bonchev–Trinajstić information content (AvgIpc) is 2.78. The monoisotopic (exact) mass is 500 g/mol. The van der Waals surface area contributed by atoms with Crippen molar-refractivity contribution in [1.82, 2.24) is 9.79 Å². The number of esters is 1. The largest absolute Gasteiger partial charge is 0.493 e. The predicted octanol–water partition coefficient (Wildman–Crippen LogP) is 1.95. The van der Waals surface area contributed by atoms with E-state index in [4.69, 9.17) is 20.0 Å². The topological polar surface area (TPSA) is 133 Å². The van der Waals surface area contributed by atoms with Crippen molar-refractivity contribution in [3.05, 3.63) is 29.8 Å². The van der Waals surface area contributed by atoms with Gasteiger partial charge in [-0.3, -0.25) is 14.6 Å². The van der Waals surface area contributed by atoms with Gasteiger partial charge in [-0.15, -0.1) is 0 Å². The zero-order chi connectivity index (χ0) is 26.1. The first-order valence-electron chi connectivity index (χ1n) is 11.1. The quantitative estimate of drug-likeness (QED) is 0.182. The molecule has 0 bridgehead atoms. The number of hydrogen-bond acceptors (Lipinski definition) is 7. The van der Waals surface area contributed by atoms with Crippen LogP contribution in [0.2, 0.25) is 0 Å². The molecule has 0 saturated carbocycles. The molecule has 11 heteroatoms. The highest BCUT2D eigenvalue weighted by Crippen LogP contribution is 2.31. The molecule has 0 aliphatic carbocycles. The summed E-state index contributed by atoms with van der Waals surface area (Å²) in [7, 11) is 0.637. The normalized spacial score (nSPS) is 15.5. The molecule has 0 saturated heterocycles. The lowest BCUT2D eigenvalue weighted by molar-refractivity contribution is -0.144. The van der Waals surface area contributed by atoms with E-state index in [1.54, 1.807) is 7.05 Å². The van der Waals surface area contributed by atoms with Crippen LogP contribution in [0.25, 0.3) is 0 Å². The van der Waals surface area contributed by atoms with Crippen molar-refractivity contribution in [2.75, 3.05) is 34.1 Å². The van der Waals surface area contributed by atoms with Gasteiger partial charge in [-0.25, -0.2) is 13.9 Å². The zero-order valence-electron chi connectivity index (χ0n) is 21.5. The zero-order valence-corrected chi connectivity index (χ0v) is 22.3. The van der Waals surface area contributed by atoms with Gasteiger partial charge in [-0.1, -0.05) is 32.9 Å². The number of sulfonamides is 1. The van der Waals surface area contributed by atoms with Crippen LogP contribution in [0, 0.1) is 11.3 Å². The maximum atomic E-state index is 12.1. The van der Waals surface area contributed by atoms with Gasteiger partial charge < -0.3 is 15.2 Å². The fraction of sp³-hybridized carbons (Fsp3) is 0.652. The average molecular weight is 501 g/mol. The second kappa shape index (κ2) is 12.9. The highest BCUT2D eigenvalue weighted by molar-refractivity contribution is 7.88. The minimum absolute atomic E-state index is 0.109. The van der Waals surface area contributed by atoms with Crippen molar-refractivity contribution in [2.24, 2.45) is 22.1 Å². The lowest BCUT2D eigenvalue weighted by Gasteiger charge is -2.33. The van der Waals surface area contributed by atoms with Crippen molar-refractivity contribution < 1.29 is 27.5 Å². The van der Waals surface area contributed by atoms with Crippen molar-refractivity contribution in [1.29, 1.82) is 0 Å². The van der Waals surface area contributed by atoms with Gasteiger partial charge in [0.1, 0.15) is 11.8 Å². The molecule has 10 nitrogen and oxygen atoms in total. The van der Waals surface area contributed by atoms with Crippen molar-refractivity contribution in [3.8, 4) is 5.75 Å². The molecule has 0 radical (unpaired) electrons. The first-order valence-corrected chi connectivity index (χ1v) is 12.9. The fourth-order valence-corrected chi connectivity index (χ4v) is 4.01. The number of rotatable bonds is 13. The highest BCUT2D eigenvalue weighted by Gasteiger charge is 2.31. The lowest BCUT2D eigenvalue weighted by atomic mass is 9.79. The minimum atomic E-state index is -3.55. The number of methoxy groups -OCH3 is 1. The Morgan fingerprint density at radius 3 is 2.32 bits per heavy atom. The fourth-order valence-electron chi connectivity index (χ4n) is 3.39. The van der Waals surface area contributed by atoms with E-state index in [0.717, 1.165) is 22.5 Å². The Bertz CT molecular complexity index is 918. The molecule has 3 unspecified atom stereocenters. The van der Waals surface area contributed by atoms with Crippen LogP contribution < -0.4 is 16.0 Å². The number of likely N-dealkylation sites (N-methyl/N-ethyl adjacent to an activating group) is 1. The SMILES string of the molecule is CN=C(N)NOC(C)C(C)(C)CC(C)COc1ccc(CC(C(=O)OC)N(C)S(C)(=O)=O)cc1. The summed E-state index contributed by atoms with van der Waals surface area (Å²) in [4.78, 5) is 21.5. The number of carbonyl (C=O) groups is 1. The molecule has 3 atom stereocenters. The van der Waals surface area contributed by atoms with Crippen molar-refractivity contribution in [3.63, 3.8) is 0 Å². The Labute approximate surface area is 203 Å². The molecule has 1 aromatic rings. The number of benzene rings is 1. The smallest absolute Gasteiger partial charge is 0.324 e. The van der Waals surface area contributed by atoms with Gasteiger partial charge in [0, 0.05) is 14.1 Å². The number of carbonyl (C=O) groups excluding carboxylic acids is 1. The van der Waals surface area contributed by atoms with Gasteiger partial charge in [0.25, 0.3) is 0 Å². The molecule has 0 aromatic heterocycles. The molecule has 0 spiro atoms. The summed E-state index contributed by atoms with van der Waals surface area (Å²) in [6.45, 7) is 8.85. The van der Waals surface area contributed by atoms with Crippen molar-refractivity contribution in [2.45, 2.75) is 52.7 Å². The maximum Gasteiger partial charge on any atom is 0.324 e. The summed E-state index contributed by atoms with van der Waals surface area (Å²) in [5, 5.41) is 0. The molecule has 3 N–H and O–H groups in total. The summed E-state index contributed by atoms with van der Waals surface area (Å²) in [6, 6.07) is 6.32. The Kier molecular flexibility index (Phi) is 11.3. The Morgan fingerprint density at radius 2 is 1.82 bits per heavy atom. The molecule has 0 fully saturated rings. The molecule has 0 aliphatic rings. The van der Waals surface area contributed by atoms with Gasteiger partial charge in [-0.05, 0) is 48.8 Å². The number of nitrogens with zero attached hydrogens (tertiary/aromatic N) is 2. The van der Waals surface area contributed by atoms with Gasteiger partial charge in [0.05, 0.1) is 26.1 Å². The first kappa shape index (κ1) is 29.7. The van der Waals surface area contributed by atoms with Gasteiger partial charge in [-0.2, -0.15) is 4.31 Å². The van der Waals surface area contributed by atoms with Crippen LogP contribution in [0.3, 0.4) is 0 Å². The second-order valence-electron chi connectivity index (χ2n) is 9.25. The Balaban J connectivity index is 2.68.